The van der Waals surface area contributed by atoms with Gasteiger partial charge in [-0.2, -0.15) is 0 Å². The molecule has 0 aliphatic heterocycles. The molecule has 2 rings (SSSR count). The average Bonchev–Trinajstić information content (AvgIpc) is 2.45. The van der Waals surface area contributed by atoms with Crippen molar-refractivity contribution >= 4 is 0 Å². The van der Waals surface area contributed by atoms with Crippen LogP contribution in [0, 0.1) is 17.8 Å². The molecule has 2 aliphatic carbocycles. The van der Waals surface area contributed by atoms with Gasteiger partial charge < -0.3 is 5.73 Å². The molecule has 3 atom stereocenters. The van der Waals surface area contributed by atoms with Gasteiger partial charge in [0.15, 0.2) is 0 Å². The Morgan fingerprint density at radius 3 is 2.56 bits per heavy atom. The van der Waals surface area contributed by atoms with Gasteiger partial charge in [0.1, 0.15) is 0 Å². The molecule has 1 unspecified atom stereocenters. The van der Waals surface area contributed by atoms with Gasteiger partial charge in [-0.05, 0) is 37.1 Å². The molecule has 0 radical (unpaired) electrons. The zero-order valence-corrected chi connectivity index (χ0v) is 5.59. The molecule has 1 heteroatoms. The maximum Gasteiger partial charge on any atom is -0.00430 e. The van der Waals surface area contributed by atoms with Gasteiger partial charge in [-0.3, -0.25) is 0 Å². The number of hydrogen-bond donors (Lipinski definition) is 1. The topological polar surface area (TPSA) is 26.0 Å². The lowest BCUT2D eigenvalue weighted by atomic mass is 9.94. The van der Waals surface area contributed by atoms with E-state index in [1.807, 2.05) is 0 Å². The first kappa shape index (κ1) is 5.48. The molecule has 0 aromatic carbocycles. The zero-order chi connectivity index (χ0) is 6.27. The van der Waals surface area contributed by atoms with Crippen LogP contribution in [0.5, 0.6) is 0 Å². The van der Waals surface area contributed by atoms with Gasteiger partial charge in [-0.1, -0.05) is 12.2 Å². The molecule has 0 aromatic rings. The Bertz CT molecular complexity index is 140. The van der Waals surface area contributed by atoms with E-state index in [0.717, 1.165) is 24.3 Å². The van der Waals surface area contributed by atoms with Gasteiger partial charge in [0.05, 0.1) is 0 Å². The molecule has 1 fully saturated rings. The third-order valence-corrected chi connectivity index (χ3v) is 2.72. The van der Waals surface area contributed by atoms with Gasteiger partial charge in [0.25, 0.3) is 0 Å². The third kappa shape index (κ3) is 0.715. The molecular formula is C8H13N. The quantitative estimate of drug-likeness (QED) is 0.520. The van der Waals surface area contributed by atoms with Crippen molar-refractivity contribution in [1.82, 2.24) is 0 Å². The maximum absolute atomic E-state index is 5.59. The first-order valence-corrected chi connectivity index (χ1v) is 3.78. The number of nitrogens with two attached hydrogens (primary N) is 1. The average molecular weight is 123 g/mol. The summed E-state index contributed by atoms with van der Waals surface area (Å²) in [5.41, 5.74) is 5.59. The van der Waals surface area contributed by atoms with Crippen molar-refractivity contribution in [3.8, 4) is 0 Å². The Labute approximate surface area is 55.9 Å². The fourth-order valence-corrected chi connectivity index (χ4v) is 2.17. The standard InChI is InChI=1S/C8H13N/c9-5-8-4-6-1-2-7(8)3-6/h1-2,6-8H,3-5,9H2/t6-,7-,8?/m0/s1. The van der Waals surface area contributed by atoms with E-state index in [4.69, 9.17) is 5.73 Å². The van der Waals surface area contributed by atoms with E-state index in [0.29, 0.717) is 0 Å². The third-order valence-electron chi connectivity index (χ3n) is 2.72. The second-order valence-electron chi connectivity index (χ2n) is 3.28. The fraction of sp³-hybridized carbons (Fsp3) is 0.750. The molecular weight excluding hydrogens is 110 g/mol. The summed E-state index contributed by atoms with van der Waals surface area (Å²) in [7, 11) is 0. The van der Waals surface area contributed by atoms with Crippen molar-refractivity contribution in [3.63, 3.8) is 0 Å². The van der Waals surface area contributed by atoms with E-state index < -0.39 is 0 Å². The summed E-state index contributed by atoms with van der Waals surface area (Å²) in [6.45, 7) is 0.894. The molecule has 1 saturated carbocycles. The molecule has 50 valence electrons. The molecule has 9 heavy (non-hydrogen) atoms. The molecule has 2 bridgehead atoms. The second-order valence-corrected chi connectivity index (χ2v) is 3.28. The Hall–Kier alpha value is -0.300. The number of hydrogen-bond acceptors (Lipinski definition) is 1. The monoisotopic (exact) mass is 123 g/mol. The van der Waals surface area contributed by atoms with E-state index in [-0.39, 0.29) is 0 Å². The molecule has 1 nitrogen and oxygen atoms in total. The van der Waals surface area contributed by atoms with Crippen LogP contribution in [0.4, 0.5) is 0 Å². The predicted molar refractivity (Wildman–Crippen MR) is 37.9 cm³/mol. The zero-order valence-electron chi connectivity index (χ0n) is 5.59. The van der Waals surface area contributed by atoms with Crippen LogP contribution in [0.25, 0.3) is 0 Å². The van der Waals surface area contributed by atoms with Gasteiger partial charge in [-0.15, -0.1) is 0 Å². The van der Waals surface area contributed by atoms with Gasteiger partial charge >= 0.3 is 0 Å². The van der Waals surface area contributed by atoms with E-state index >= 15 is 0 Å². The van der Waals surface area contributed by atoms with E-state index in [1.165, 1.54) is 12.8 Å². The van der Waals surface area contributed by atoms with Crippen LogP contribution in [0.1, 0.15) is 12.8 Å². The van der Waals surface area contributed by atoms with Crippen LogP contribution in [0.2, 0.25) is 0 Å². The highest BCUT2D eigenvalue weighted by Crippen LogP contribution is 2.42. The van der Waals surface area contributed by atoms with E-state index in [2.05, 4.69) is 12.2 Å². The van der Waals surface area contributed by atoms with Crippen LogP contribution < -0.4 is 5.73 Å². The lowest BCUT2D eigenvalue weighted by Crippen LogP contribution is -2.17. The van der Waals surface area contributed by atoms with Gasteiger partial charge in [0, 0.05) is 0 Å². The largest absolute Gasteiger partial charge is 0.330 e. The number of fused-ring (bicyclic) bond motifs is 2. The van der Waals surface area contributed by atoms with E-state index in [9.17, 15) is 0 Å². The van der Waals surface area contributed by atoms with Crippen molar-refractivity contribution < 1.29 is 0 Å². The molecule has 2 aliphatic rings. The lowest BCUT2D eigenvalue weighted by Gasteiger charge is -2.14. The summed E-state index contributed by atoms with van der Waals surface area (Å²) in [5, 5.41) is 0. The van der Waals surface area contributed by atoms with Crippen LogP contribution in [-0.4, -0.2) is 6.54 Å². The Kier molecular flexibility index (Phi) is 1.12. The second kappa shape index (κ2) is 1.84. The minimum Gasteiger partial charge on any atom is -0.330 e. The van der Waals surface area contributed by atoms with Crippen molar-refractivity contribution in [2.75, 3.05) is 6.54 Å². The van der Waals surface area contributed by atoms with Crippen LogP contribution in [-0.2, 0) is 0 Å². The summed E-state index contributed by atoms with van der Waals surface area (Å²) in [4.78, 5) is 0. The lowest BCUT2D eigenvalue weighted by molar-refractivity contribution is 0.459. The summed E-state index contributed by atoms with van der Waals surface area (Å²) in [5.74, 6) is 2.56. The van der Waals surface area contributed by atoms with Gasteiger partial charge in [-0.25, -0.2) is 0 Å². The minimum absolute atomic E-state index is 0.819. The van der Waals surface area contributed by atoms with Gasteiger partial charge in [0.2, 0.25) is 0 Å². The number of rotatable bonds is 1. The summed E-state index contributed by atoms with van der Waals surface area (Å²) < 4.78 is 0. The maximum atomic E-state index is 5.59. The highest BCUT2D eigenvalue weighted by atomic mass is 14.6. The van der Waals surface area contributed by atoms with Crippen molar-refractivity contribution in [3.05, 3.63) is 12.2 Å². The molecule has 0 saturated heterocycles. The highest BCUT2D eigenvalue weighted by Gasteiger charge is 2.34. The first-order chi connectivity index (χ1) is 4.40. The molecule has 0 heterocycles. The van der Waals surface area contributed by atoms with Crippen LogP contribution >= 0.6 is 0 Å². The van der Waals surface area contributed by atoms with Crippen molar-refractivity contribution in [1.29, 1.82) is 0 Å². The Morgan fingerprint density at radius 1 is 1.33 bits per heavy atom. The minimum atomic E-state index is 0.819. The summed E-state index contributed by atoms with van der Waals surface area (Å²) >= 11 is 0. The molecule has 0 spiro atoms. The SMILES string of the molecule is NCC1C[C@H]2C=C[C@H]1C2. The smallest absolute Gasteiger partial charge is 0.00430 e. The fourth-order valence-electron chi connectivity index (χ4n) is 2.17. The first-order valence-electron chi connectivity index (χ1n) is 3.78. The van der Waals surface area contributed by atoms with E-state index in [1.54, 1.807) is 0 Å². The normalized spacial score (nSPS) is 46.6. The Balaban J connectivity index is 2.10. The van der Waals surface area contributed by atoms with Crippen molar-refractivity contribution in [2.24, 2.45) is 23.5 Å². The molecule has 2 N–H and O–H groups in total. The highest BCUT2D eigenvalue weighted by molar-refractivity contribution is 5.10. The molecule has 0 aromatic heterocycles. The predicted octanol–water partition coefficient (Wildman–Crippen LogP) is 1.16. The number of allylic oxidation sites excluding steroid dienone is 2. The van der Waals surface area contributed by atoms with Crippen LogP contribution in [0.15, 0.2) is 12.2 Å². The summed E-state index contributed by atoms with van der Waals surface area (Å²) in [6, 6.07) is 0. The summed E-state index contributed by atoms with van der Waals surface area (Å²) in [6.07, 6.45) is 7.46. The van der Waals surface area contributed by atoms with Crippen LogP contribution in [0.3, 0.4) is 0 Å². The Morgan fingerprint density at radius 2 is 2.22 bits per heavy atom. The van der Waals surface area contributed by atoms with Crippen molar-refractivity contribution in [2.45, 2.75) is 12.8 Å². The molecule has 0 amide bonds.